The fourth-order valence-corrected chi connectivity index (χ4v) is 3.88. The zero-order chi connectivity index (χ0) is 24.9. The second kappa shape index (κ2) is 10.5. The molecule has 0 atom stereocenters. The van der Waals surface area contributed by atoms with Crippen LogP contribution in [-0.2, 0) is 15.7 Å². The van der Waals surface area contributed by atoms with Gasteiger partial charge in [-0.25, -0.2) is 14.2 Å². The van der Waals surface area contributed by atoms with Crippen molar-refractivity contribution in [3.8, 4) is 16.2 Å². The van der Waals surface area contributed by atoms with Crippen molar-refractivity contribution >= 4 is 28.3 Å². The summed E-state index contributed by atoms with van der Waals surface area (Å²) in [6.45, 7) is 3.51. The minimum atomic E-state index is -4.66. The van der Waals surface area contributed by atoms with Crippen molar-refractivity contribution in [2.24, 2.45) is 0 Å². The predicted octanol–water partition coefficient (Wildman–Crippen LogP) is 5.86. The number of carbonyl (C=O) groups excluding carboxylic acids is 2. The van der Waals surface area contributed by atoms with Crippen molar-refractivity contribution in [3.63, 3.8) is 0 Å². The van der Waals surface area contributed by atoms with Crippen molar-refractivity contribution < 1.29 is 36.6 Å². The summed E-state index contributed by atoms with van der Waals surface area (Å²) >= 11 is 0.751. The number of amides is 1. The summed E-state index contributed by atoms with van der Waals surface area (Å²) in [5, 5.41) is 2.37. The highest BCUT2D eigenvalue weighted by Gasteiger charge is 2.33. The first-order valence-electron chi connectivity index (χ1n) is 9.71. The zero-order valence-electron chi connectivity index (χ0n) is 17.7. The van der Waals surface area contributed by atoms with Gasteiger partial charge in [0, 0.05) is 17.6 Å². The Morgan fingerprint density at radius 1 is 1.26 bits per heavy atom. The summed E-state index contributed by atoms with van der Waals surface area (Å²) in [4.78, 5) is 29.0. The molecule has 1 aromatic heterocycles. The predicted molar refractivity (Wildman–Crippen MR) is 119 cm³/mol. The Morgan fingerprint density at radius 2 is 2.00 bits per heavy atom. The number of esters is 1. The number of carbonyl (C=O) groups is 2. The number of hydrogen-bond acceptors (Lipinski definition) is 6. The van der Waals surface area contributed by atoms with E-state index in [2.05, 4.69) is 16.9 Å². The first-order chi connectivity index (χ1) is 16.1. The largest absolute Gasteiger partial charge is 0.489 e. The van der Waals surface area contributed by atoms with E-state index < -0.39 is 29.4 Å². The van der Waals surface area contributed by atoms with Gasteiger partial charge in [-0.1, -0.05) is 42.2 Å². The SMILES string of the molecule is C=CCOc1ccc(C(F)(F)F)cc1-c1sc(NC(=O)C2=CC=CC=C(F)C2)nc1C(=O)OC. The van der Waals surface area contributed by atoms with Crippen molar-refractivity contribution in [1.82, 2.24) is 4.98 Å². The van der Waals surface area contributed by atoms with Gasteiger partial charge in [0.1, 0.15) is 18.2 Å². The first-order valence-corrected chi connectivity index (χ1v) is 10.5. The van der Waals surface area contributed by atoms with Crippen LogP contribution in [0.2, 0.25) is 0 Å². The highest BCUT2D eigenvalue weighted by molar-refractivity contribution is 7.19. The molecule has 0 saturated heterocycles. The molecule has 11 heteroatoms. The van der Waals surface area contributed by atoms with Crippen LogP contribution in [0.25, 0.3) is 10.4 Å². The molecule has 0 saturated carbocycles. The highest BCUT2D eigenvalue weighted by atomic mass is 32.1. The minimum Gasteiger partial charge on any atom is -0.489 e. The van der Waals surface area contributed by atoms with Gasteiger partial charge in [-0.2, -0.15) is 13.2 Å². The molecule has 1 amide bonds. The average Bonchev–Trinajstić information content (AvgIpc) is 3.08. The molecule has 0 bridgehead atoms. The number of nitrogens with zero attached hydrogens (tertiary/aromatic N) is 1. The molecule has 6 nitrogen and oxygen atoms in total. The summed E-state index contributed by atoms with van der Waals surface area (Å²) < 4.78 is 64.0. The molecule has 0 radical (unpaired) electrons. The molecule has 0 aliphatic heterocycles. The van der Waals surface area contributed by atoms with Gasteiger partial charge in [0.05, 0.1) is 17.6 Å². The molecule has 178 valence electrons. The highest BCUT2D eigenvalue weighted by Crippen LogP contribution is 2.42. The Balaban J connectivity index is 2.06. The monoisotopic (exact) mass is 494 g/mol. The van der Waals surface area contributed by atoms with Crippen molar-refractivity contribution in [1.29, 1.82) is 0 Å². The lowest BCUT2D eigenvalue weighted by atomic mass is 10.1. The maximum absolute atomic E-state index is 13.7. The van der Waals surface area contributed by atoms with Crippen LogP contribution < -0.4 is 10.1 Å². The van der Waals surface area contributed by atoms with E-state index in [4.69, 9.17) is 9.47 Å². The van der Waals surface area contributed by atoms with Gasteiger partial charge in [-0.05, 0) is 24.3 Å². The van der Waals surface area contributed by atoms with E-state index in [9.17, 15) is 27.2 Å². The third-order valence-corrected chi connectivity index (χ3v) is 5.48. The van der Waals surface area contributed by atoms with Crippen molar-refractivity contribution in [2.75, 3.05) is 19.0 Å². The number of hydrogen-bond donors (Lipinski definition) is 1. The van der Waals surface area contributed by atoms with Gasteiger partial charge in [0.15, 0.2) is 10.8 Å². The van der Waals surface area contributed by atoms with Crippen molar-refractivity contribution in [3.05, 3.63) is 77.8 Å². The topological polar surface area (TPSA) is 77.5 Å². The Kier molecular flexibility index (Phi) is 7.67. The summed E-state index contributed by atoms with van der Waals surface area (Å²) in [5.41, 5.74) is -1.26. The standard InChI is InChI=1S/C23H18F4N2O4S/c1-3-10-33-17-9-8-14(23(25,26)27)12-16(17)19-18(21(31)32-2)28-22(34-19)29-20(30)13-6-4-5-7-15(24)11-13/h3-9,12H,1,10-11H2,2H3,(H,28,29,30). The number of alkyl halides is 3. The number of ether oxygens (including phenoxy) is 2. The molecule has 1 heterocycles. The number of benzene rings is 1. The van der Waals surface area contributed by atoms with Crippen LogP contribution in [0.5, 0.6) is 5.75 Å². The quantitative estimate of drug-likeness (QED) is 0.297. The molecule has 3 rings (SSSR count). The summed E-state index contributed by atoms with van der Waals surface area (Å²) in [5.74, 6) is -2.09. The number of rotatable bonds is 7. The molecule has 1 N–H and O–H groups in total. The second-order valence-electron chi connectivity index (χ2n) is 6.82. The van der Waals surface area contributed by atoms with Crippen LogP contribution in [0, 0.1) is 0 Å². The van der Waals surface area contributed by atoms with E-state index in [-0.39, 0.29) is 45.6 Å². The Labute approximate surface area is 195 Å². The van der Waals surface area contributed by atoms with E-state index in [1.54, 1.807) is 0 Å². The van der Waals surface area contributed by atoms with E-state index in [0.717, 1.165) is 36.6 Å². The molecular formula is C23H18F4N2O4S. The Bertz CT molecular complexity index is 1210. The third kappa shape index (κ3) is 5.79. The molecule has 1 aliphatic rings. The van der Waals surface area contributed by atoms with Gasteiger partial charge in [0.2, 0.25) is 0 Å². The number of methoxy groups -OCH3 is 1. The molecule has 1 aliphatic carbocycles. The molecule has 2 aromatic rings. The van der Waals surface area contributed by atoms with E-state index in [1.165, 1.54) is 30.4 Å². The summed E-state index contributed by atoms with van der Waals surface area (Å²) in [7, 11) is 1.09. The third-order valence-electron chi connectivity index (χ3n) is 4.47. The average molecular weight is 494 g/mol. The maximum atomic E-state index is 13.7. The molecular weight excluding hydrogens is 476 g/mol. The number of halogens is 4. The molecule has 0 fully saturated rings. The lowest BCUT2D eigenvalue weighted by Crippen LogP contribution is -2.14. The van der Waals surface area contributed by atoms with Crippen molar-refractivity contribution in [2.45, 2.75) is 12.6 Å². The van der Waals surface area contributed by atoms with Crippen LogP contribution in [0.4, 0.5) is 22.7 Å². The Morgan fingerprint density at radius 3 is 2.68 bits per heavy atom. The minimum absolute atomic E-state index is 0.00489. The van der Waals surface area contributed by atoms with Gasteiger partial charge < -0.3 is 9.47 Å². The maximum Gasteiger partial charge on any atom is 0.416 e. The first kappa shape index (κ1) is 24.9. The van der Waals surface area contributed by atoms with E-state index in [0.29, 0.717) is 0 Å². The lowest BCUT2D eigenvalue weighted by molar-refractivity contribution is -0.137. The number of thiazole rings is 1. The van der Waals surface area contributed by atoms with Crippen LogP contribution in [0.1, 0.15) is 22.5 Å². The number of aromatic nitrogens is 1. The van der Waals surface area contributed by atoms with Crippen LogP contribution in [-0.4, -0.2) is 30.6 Å². The molecule has 0 unspecified atom stereocenters. The van der Waals surface area contributed by atoms with Crippen LogP contribution in [0.15, 0.2) is 66.6 Å². The smallest absolute Gasteiger partial charge is 0.416 e. The zero-order valence-corrected chi connectivity index (χ0v) is 18.6. The summed E-state index contributed by atoms with van der Waals surface area (Å²) in [6, 6.07) is 2.79. The van der Waals surface area contributed by atoms with Gasteiger partial charge >= 0.3 is 12.1 Å². The number of anilines is 1. The fourth-order valence-electron chi connectivity index (χ4n) is 2.91. The summed E-state index contributed by atoms with van der Waals surface area (Å²) in [6.07, 6.45) is 2.05. The molecule has 0 spiro atoms. The normalized spacial score (nSPS) is 13.4. The Hall–Kier alpha value is -3.73. The number of allylic oxidation sites excluding steroid dienone is 5. The van der Waals surface area contributed by atoms with Gasteiger partial charge in [-0.3, -0.25) is 10.1 Å². The van der Waals surface area contributed by atoms with Crippen LogP contribution in [0.3, 0.4) is 0 Å². The molecule has 1 aromatic carbocycles. The number of nitrogens with one attached hydrogen (secondary N) is 1. The molecule has 34 heavy (non-hydrogen) atoms. The lowest BCUT2D eigenvalue weighted by Gasteiger charge is -2.13. The van der Waals surface area contributed by atoms with Gasteiger partial charge in [0.25, 0.3) is 5.91 Å². The van der Waals surface area contributed by atoms with Crippen LogP contribution >= 0.6 is 11.3 Å². The fraction of sp³-hybridized carbons (Fsp3) is 0.174. The van der Waals surface area contributed by atoms with E-state index in [1.807, 2.05) is 0 Å². The second-order valence-corrected chi connectivity index (χ2v) is 7.82. The van der Waals surface area contributed by atoms with Gasteiger partial charge in [-0.15, -0.1) is 0 Å². The van der Waals surface area contributed by atoms with E-state index >= 15 is 0 Å².